The van der Waals surface area contributed by atoms with Crippen LogP contribution >= 0.6 is 23.2 Å². The maximum absolute atomic E-state index is 10.1. The van der Waals surface area contributed by atoms with E-state index in [1.54, 1.807) is 24.3 Å². The Balaban J connectivity index is 2.12. The summed E-state index contributed by atoms with van der Waals surface area (Å²) in [6.45, 7) is 0.996. The number of nitrogens with zero attached hydrogens (tertiary/aromatic N) is 1. The molecule has 2 aromatic carbocycles. The molecule has 1 unspecified atom stereocenters. The van der Waals surface area contributed by atoms with Crippen molar-refractivity contribution in [1.82, 2.24) is 0 Å². The van der Waals surface area contributed by atoms with E-state index in [0.717, 1.165) is 16.8 Å². The van der Waals surface area contributed by atoms with Gasteiger partial charge in [0.15, 0.2) is 0 Å². The number of benzene rings is 2. The number of fused-ring (bicyclic) bond motifs is 1. The van der Waals surface area contributed by atoms with Gasteiger partial charge in [0, 0.05) is 28.7 Å². The molecule has 20 heavy (non-hydrogen) atoms. The molecule has 0 bridgehead atoms. The highest BCUT2D eigenvalue weighted by molar-refractivity contribution is 6.34. The van der Waals surface area contributed by atoms with Gasteiger partial charge in [-0.05, 0) is 29.8 Å². The van der Waals surface area contributed by atoms with Gasteiger partial charge >= 0.3 is 0 Å². The zero-order valence-corrected chi connectivity index (χ0v) is 12.2. The number of hydrogen-bond acceptors (Lipinski definition) is 3. The second kappa shape index (κ2) is 5.17. The maximum atomic E-state index is 10.1. The maximum Gasteiger partial charge on any atom is 0.138 e. The van der Waals surface area contributed by atoms with Crippen LogP contribution in [-0.2, 0) is 6.54 Å². The zero-order valence-electron chi connectivity index (χ0n) is 10.7. The smallest absolute Gasteiger partial charge is 0.138 e. The van der Waals surface area contributed by atoms with Gasteiger partial charge in [-0.3, -0.25) is 0 Å². The SMILES string of the molecule is NCC1c2c(Cl)ccc(Cl)c2CN1c1ccccc1O. The topological polar surface area (TPSA) is 49.5 Å². The van der Waals surface area contributed by atoms with E-state index in [-0.39, 0.29) is 11.8 Å². The quantitative estimate of drug-likeness (QED) is 0.889. The van der Waals surface area contributed by atoms with Crippen molar-refractivity contribution < 1.29 is 5.11 Å². The van der Waals surface area contributed by atoms with Gasteiger partial charge in [0.2, 0.25) is 0 Å². The fraction of sp³-hybridized carbons (Fsp3) is 0.200. The summed E-state index contributed by atoms with van der Waals surface area (Å²) < 4.78 is 0. The molecule has 0 radical (unpaired) electrons. The third-order valence-corrected chi connectivity index (χ3v) is 4.38. The van der Waals surface area contributed by atoms with Gasteiger partial charge in [0.1, 0.15) is 5.75 Å². The molecule has 1 aliphatic rings. The lowest BCUT2D eigenvalue weighted by Gasteiger charge is -2.27. The number of phenolic OH excluding ortho intramolecular Hbond substituents is 1. The molecule has 0 saturated carbocycles. The number of hydrogen-bond donors (Lipinski definition) is 2. The molecule has 0 aromatic heterocycles. The third-order valence-electron chi connectivity index (χ3n) is 3.70. The van der Waals surface area contributed by atoms with Crippen LogP contribution in [0.5, 0.6) is 5.75 Å². The molecular formula is C15H14Cl2N2O. The molecule has 1 aliphatic heterocycles. The van der Waals surface area contributed by atoms with Crippen molar-refractivity contribution in [1.29, 1.82) is 0 Å². The van der Waals surface area contributed by atoms with Crippen LogP contribution in [0.15, 0.2) is 36.4 Å². The Bertz CT molecular complexity index is 660. The van der Waals surface area contributed by atoms with Crippen molar-refractivity contribution in [2.75, 3.05) is 11.4 Å². The molecule has 0 fully saturated rings. The summed E-state index contributed by atoms with van der Waals surface area (Å²) in [5, 5.41) is 11.4. The summed E-state index contributed by atoms with van der Waals surface area (Å²) in [6, 6.07) is 10.7. The van der Waals surface area contributed by atoms with Crippen molar-refractivity contribution in [2.45, 2.75) is 12.6 Å². The van der Waals surface area contributed by atoms with Crippen molar-refractivity contribution in [2.24, 2.45) is 5.73 Å². The first-order valence-electron chi connectivity index (χ1n) is 6.35. The minimum absolute atomic E-state index is 0.0792. The van der Waals surface area contributed by atoms with Crippen LogP contribution in [0, 0.1) is 0 Å². The van der Waals surface area contributed by atoms with Crippen molar-refractivity contribution in [3.8, 4) is 5.75 Å². The number of phenols is 1. The Morgan fingerprint density at radius 3 is 2.55 bits per heavy atom. The van der Waals surface area contributed by atoms with Crippen LogP contribution < -0.4 is 10.6 Å². The van der Waals surface area contributed by atoms with Crippen molar-refractivity contribution in [3.63, 3.8) is 0 Å². The van der Waals surface area contributed by atoms with Crippen LogP contribution in [-0.4, -0.2) is 11.7 Å². The Morgan fingerprint density at radius 1 is 1.15 bits per heavy atom. The van der Waals surface area contributed by atoms with E-state index in [9.17, 15) is 5.11 Å². The number of nitrogens with two attached hydrogens (primary N) is 1. The van der Waals surface area contributed by atoms with Gasteiger partial charge in [0.05, 0.1) is 11.7 Å². The molecule has 2 aromatic rings. The largest absolute Gasteiger partial charge is 0.506 e. The fourth-order valence-electron chi connectivity index (χ4n) is 2.77. The molecule has 0 saturated heterocycles. The Hall–Kier alpha value is -1.42. The summed E-state index contributed by atoms with van der Waals surface area (Å²) in [6.07, 6.45) is 0. The van der Waals surface area contributed by atoms with Crippen LogP contribution in [0.3, 0.4) is 0 Å². The third kappa shape index (κ3) is 2.03. The van der Waals surface area contributed by atoms with Gasteiger partial charge in [0.25, 0.3) is 0 Å². The van der Waals surface area contributed by atoms with Crippen molar-refractivity contribution in [3.05, 3.63) is 57.6 Å². The van der Waals surface area contributed by atoms with Gasteiger partial charge in [-0.2, -0.15) is 0 Å². The van der Waals surface area contributed by atoms with E-state index in [1.165, 1.54) is 0 Å². The summed E-state index contributed by atoms with van der Waals surface area (Å²) in [7, 11) is 0. The lowest BCUT2D eigenvalue weighted by atomic mass is 10.0. The van der Waals surface area contributed by atoms with Gasteiger partial charge in [-0.15, -0.1) is 0 Å². The van der Waals surface area contributed by atoms with E-state index in [1.807, 2.05) is 17.0 Å². The summed E-state index contributed by atoms with van der Waals surface area (Å²) in [5.41, 5.74) is 8.61. The molecule has 1 heterocycles. The number of halogens is 2. The highest BCUT2D eigenvalue weighted by Gasteiger charge is 2.33. The summed E-state index contributed by atoms with van der Waals surface area (Å²) in [5.74, 6) is 0.228. The summed E-state index contributed by atoms with van der Waals surface area (Å²) >= 11 is 12.6. The Kier molecular flexibility index (Phi) is 3.50. The minimum atomic E-state index is -0.0792. The number of para-hydroxylation sites is 2. The molecule has 0 spiro atoms. The fourth-order valence-corrected chi connectivity index (χ4v) is 3.30. The zero-order chi connectivity index (χ0) is 14.3. The number of aromatic hydroxyl groups is 1. The predicted molar refractivity (Wildman–Crippen MR) is 82.5 cm³/mol. The molecule has 5 heteroatoms. The van der Waals surface area contributed by atoms with Gasteiger partial charge in [-0.1, -0.05) is 35.3 Å². The molecule has 104 valence electrons. The summed E-state index contributed by atoms with van der Waals surface area (Å²) in [4.78, 5) is 2.04. The Labute approximate surface area is 127 Å². The Morgan fingerprint density at radius 2 is 1.85 bits per heavy atom. The molecule has 0 amide bonds. The van der Waals surface area contributed by atoms with E-state index in [4.69, 9.17) is 28.9 Å². The van der Waals surface area contributed by atoms with Crippen LogP contribution in [0.4, 0.5) is 5.69 Å². The van der Waals surface area contributed by atoms with E-state index in [0.29, 0.717) is 23.1 Å². The predicted octanol–water partition coefficient (Wildman–Crippen LogP) is 3.72. The van der Waals surface area contributed by atoms with Crippen LogP contribution in [0.25, 0.3) is 0 Å². The van der Waals surface area contributed by atoms with Crippen LogP contribution in [0.1, 0.15) is 17.2 Å². The van der Waals surface area contributed by atoms with Gasteiger partial charge < -0.3 is 15.7 Å². The van der Waals surface area contributed by atoms with Gasteiger partial charge in [-0.25, -0.2) is 0 Å². The lowest BCUT2D eigenvalue weighted by molar-refractivity contribution is 0.471. The highest BCUT2D eigenvalue weighted by atomic mass is 35.5. The second-order valence-corrected chi connectivity index (χ2v) is 5.60. The second-order valence-electron chi connectivity index (χ2n) is 4.79. The van der Waals surface area contributed by atoms with E-state index in [2.05, 4.69) is 0 Å². The average Bonchev–Trinajstić information content (AvgIpc) is 2.84. The minimum Gasteiger partial charge on any atom is -0.506 e. The molecule has 3 nitrogen and oxygen atoms in total. The number of anilines is 1. The molecule has 3 N–H and O–H groups in total. The molecular weight excluding hydrogens is 295 g/mol. The average molecular weight is 309 g/mol. The number of rotatable bonds is 2. The van der Waals surface area contributed by atoms with Crippen LogP contribution in [0.2, 0.25) is 10.0 Å². The first-order valence-corrected chi connectivity index (χ1v) is 7.10. The van der Waals surface area contributed by atoms with E-state index < -0.39 is 0 Å². The molecule has 0 aliphatic carbocycles. The first-order chi connectivity index (χ1) is 9.63. The highest BCUT2D eigenvalue weighted by Crippen LogP contribution is 2.45. The molecule has 3 rings (SSSR count). The molecule has 1 atom stereocenters. The van der Waals surface area contributed by atoms with Crippen molar-refractivity contribution >= 4 is 28.9 Å². The first kappa shape index (κ1) is 13.6. The normalized spacial score (nSPS) is 17.4. The standard InChI is InChI=1S/C15H14Cl2N2O/c16-10-5-6-11(17)15-9(10)8-19(13(15)7-18)12-3-1-2-4-14(12)20/h1-6,13,20H,7-8,18H2. The van der Waals surface area contributed by atoms with E-state index >= 15 is 0 Å². The monoisotopic (exact) mass is 308 g/mol. The lowest BCUT2D eigenvalue weighted by Crippen LogP contribution is -2.27.